The van der Waals surface area contributed by atoms with Crippen LogP contribution in [0.3, 0.4) is 0 Å². The average molecular weight is 290 g/mol. The van der Waals surface area contributed by atoms with Crippen molar-refractivity contribution in [1.29, 1.82) is 0 Å². The largest absolute Gasteiger partial charge is 0.493 e. The molecule has 0 unspecified atom stereocenters. The van der Waals surface area contributed by atoms with Crippen molar-refractivity contribution in [3.8, 4) is 17.2 Å². The van der Waals surface area contributed by atoms with Crippen LogP contribution in [0.5, 0.6) is 17.2 Å². The Bertz CT molecular complexity index is 624. The van der Waals surface area contributed by atoms with Gasteiger partial charge in [0, 0.05) is 29.7 Å². The monoisotopic (exact) mass is 290 g/mol. The lowest BCUT2D eigenvalue weighted by molar-refractivity contribution is 0.102. The molecular formula is C15H18N2O4. The smallest absolute Gasteiger partial charge is 0.257 e. The highest BCUT2D eigenvalue weighted by atomic mass is 16.5. The van der Waals surface area contributed by atoms with Crippen LogP contribution < -0.4 is 19.5 Å². The lowest BCUT2D eigenvalue weighted by Gasteiger charge is -2.14. The molecule has 2 N–H and O–H groups in total. The van der Waals surface area contributed by atoms with Crippen LogP contribution in [0.4, 0.5) is 5.69 Å². The molecule has 6 heteroatoms. The maximum absolute atomic E-state index is 12.2. The summed E-state index contributed by atoms with van der Waals surface area (Å²) in [7, 11) is 4.58. The summed E-state index contributed by atoms with van der Waals surface area (Å²) in [6.07, 6.45) is 1.72. The molecule has 0 saturated carbocycles. The molecule has 1 aromatic heterocycles. The van der Waals surface area contributed by atoms with Crippen LogP contribution >= 0.6 is 0 Å². The number of carbonyl (C=O) groups excluding carboxylic acids is 1. The molecule has 2 aromatic rings. The lowest BCUT2D eigenvalue weighted by Crippen LogP contribution is -2.12. The Labute approximate surface area is 123 Å². The fourth-order valence-corrected chi connectivity index (χ4v) is 2.05. The third kappa shape index (κ3) is 2.94. The zero-order valence-electron chi connectivity index (χ0n) is 12.4. The Morgan fingerprint density at radius 3 is 2.14 bits per heavy atom. The first-order valence-corrected chi connectivity index (χ1v) is 6.36. The van der Waals surface area contributed by atoms with E-state index in [4.69, 9.17) is 14.2 Å². The van der Waals surface area contributed by atoms with E-state index < -0.39 is 0 Å². The number of carbonyl (C=O) groups is 1. The van der Waals surface area contributed by atoms with Gasteiger partial charge >= 0.3 is 0 Å². The lowest BCUT2D eigenvalue weighted by atomic mass is 10.2. The van der Waals surface area contributed by atoms with Crippen molar-refractivity contribution in [3.05, 3.63) is 35.7 Å². The molecule has 1 aromatic carbocycles. The summed E-state index contributed by atoms with van der Waals surface area (Å²) in [6, 6.07) is 5.09. The predicted molar refractivity (Wildman–Crippen MR) is 79.6 cm³/mol. The summed E-state index contributed by atoms with van der Waals surface area (Å²) in [5.74, 6) is 1.25. The van der Waals surface area contributed by atoms with Gasteiger partial charge in [-0.3, -0.25) is 4.79 Å². The second-order valence-corrected chi connectivity index (χ2v) is 4.38. The first-order valence-electron chi connectivity index (χ1n) is 6.36. The van der Waals surface area contributed by atoms with Gasteiger partial charge in [0.1, 0.15) is 0 Å². The van der Waals surface area contributed by atoms with Crippen LogP contribution in [-0.4, -0.2) is 32.2 Å². The minimum absolute atomic E-state index is 0.206. The van der Waals surface area contributed by atoms with E-state index in [1.165, 1.54) is 21.3 Å². The minimum Gasteiger partial charge on any atom is -0.493 e. The zero-order chi connectivity index (χ0) is 15.4. The van der Waals surface area contributed by atoms with Crippen LogP contribution in [-0.2, 0) is 0 Å². The van der Waals surface area contributed by atoms with E-state index in [9.17, 15) is 4.79 Å². The van der Waals surface area contributed by atoms with Gasteiger partial charge in [-0.05, 0) is 13.0 Å². The number of methoxy groups -OCH3 is 3. The minimum atomic E-state index is -0.206. The Morgan fingerprint density at radius 1 is 1.10 bits per heavy atom. The SMILES string of the molecule is COc1cc(NC(=O)c2cc[nH]c2C)cc(OC)c1OC. The molecule has 0 radical (unpaired) electrons. The van der Waals surface area contributed by atoms with Crippen molar-refractivity contribution in [2.75, 3.05) is 26.6 Å². The van der Waals surface area contributed by atoms with Gasteiger partial charge in [-0.15, -0.1) is 0 Å². The Morgan fingerprint density at radius 2 is 1.71 bits per heavy atom. The molecule has 6 nitrogen and oxygen atoms in total. The summed E-state index contributed by atoms with van der Waals surface area (Å²) in [5.41, 5.74) is 1.96. The highest BCUT2D eigenvalue weighted by molar-refractivity contribution is 6.05. The third-order valence-electron chi connectivity index (χ3n) is 3.12. The van der Waals surface area contributed by atoms with Crippen molar-refractivity contribution in [1.82, 2.24) is 4.98 Å². The van der Waals surface area contributed by atoms with Crippen LogP contribution in [0.2, 0.25) is 0 Å². The Balaban J connectivity index is 2.32. The van der Waals surface area contributed by atoms with Gasteiger partial charge in [-0.1, -0.05) is 0 Å². The number of H-pyrrole nitrogens is 1. The normalized spacial score (nSPS) is 10.1. The molecule has 0 aliphatic carbocycles. The summed E-state index contributed by atoms with van der Waals surface area (Å²) >= 11 is 0. The standard InChI is InChI=1S/C15H18N2O4/c1-9-11(5-6-16-9)15(18)17-10-7-12(19-2)14(21-4)13(8-10)20-3/h5-8,16H,1-4H3,(H,17,18). The number of hydrogen-bond donors (Lipinski definition) is 2. The molecule has 0 fully saturated rings. The summed E-state index contributed by atoms with van der Waals surface area (Å²) in [6.45, 7) is 1.84. The molecular weight excluding hydrogens is 272 g/mol. The van der Waals surface area contributed by atoms with Crippen LogP contribution in [0.25, 0.3) is 0 Å². The van der Waals surface area contributed by atoms with Gasteiger partial charge in [0.15, 0.2) is 11.5 Å². The molecule has 1 heterocycles. The van der Waals surface area contributed by atoms with Crippen molar-refractivity contribution < 1.29 is 19.0 Å². The third-order valence-corrected chi connectivity index (χ3v) is 3.12. The number of anilines is 1. The molecule has 1 amide bonds. The highest BCUT2D eigenvalue weighted by Crippen LogP contribution is 2.40. The summed E-state index contributed by atoms with van der Waals surface area (Å²) in [5, 5.41) is 2.81. The van der Waals surface area contributed by atoms with Gasteiger partial charge in [0.25, 0.3) is 5.91 Å². The fraction of sp³-hybridized carbons (Fsp3) is 0.267. The molecule has 0 saturated heterocycles. The van der Waals surface area contributed by atoms with E-state index in [2.05, 4.69) is 10.3 Å². The number of ether oxygens (including phenoxy) is 3. The second-order valence-electron chi connectivity index (χ2n) is 4.38. The second kappa shape index (κ2) is 6.21. The first-order chi connectivity index (χ1) is 10.1. The molecule has 0 bridgehead atoms. The van der Waals surface area contributed by atoms with E-state index in [0.29, 0.717) is 28.5 Å². The van der Waals surface area contributed by atoms with Crippen LogP contribution in [0, 0.1) is 6.92 Å². The Hall–Kier alpha value is -2.63. The summed E-state index contributed by atoms with van der Waals surface area (Å²) < 4.78 is 15.7. The average Bonchev–Trinajstić information content (AvgIpc) is 2.92. The van der Waals surface area contributed by atoms with Gasteiger partial charge < -0.3 is 24.5 Å². The van der Waals surface area contributed by atoms with Gasteiger partial charge in [0.05, 0.1) is 26.9 Å². The predicted octanol–water partition coefficient (Wildman–Crippen LogP) is 2.60. The van der Waals surface area contributed by atoms with E-state index >= 15 is 0 Å². The van der Waals surface area contributed by atoms with E-state index in [-0.39, 0.29) is 5.91 Å². The number of aromatic nitrogens is 1. The molecule has 0 aliphatic rings. The number of benzene rings is 1. The van der Waals surface area contributed by atoms with Gasteiger partial charge in [0.2, 0.25) is 5.75 Å². The number of nitrogens with one attached hydrogen (secondary N) is 2. The number of aryl methyl sites for hydroxylation is 1. The maximum atomic E-state index is 12.2. The molecule has 2 rings (SSSR count). The number of aromatic amines is 1. The maximum Gasteiger partial charge on any atom is 0.257 e. The van der Waals surface area contributed by atoms with Gasteiger partial charge in [-0.2, -0.15) is 0 Å². The molecule has 21 heavy (non-hydrogen) atoms. The molecule has 0 aliphatic heterocycles. The van der Waals surface area contributed by atoms with Crippen LogP contribution in [0.15, 0.2) is 24.4 Å². The highest BCUT2D eigenvalue weighted by Gasteiger charge is 2.16. The topological polar surface area (TPSA) is 72.6 Å². The fourth-order valence-electron chi connectivity index (χ4n) is 2.05. The van der Waals surface area contributed by atoms with Crippen molar-refractivity contribution in [2.24, 2.45) is 0 Å². The van der Waals surface area contributed by atoms with Crippen molar-refractivity contribution in [3.63, 3.8) is 0 Å². The number of amides is 1. The zero-order valence-corrected chi connectivity index (χ0v) is 12.4. The first kappa shape index (κ1) is 14.8. The Kier molecular flexibility index (Phi) is 4.37. The van der Waals surface area contributed by atoms with Gasteiger partial charge in [-0.25, -0.2) is 0 Å². The van der Waals surface area contributed by atoms with Crippen molar-refractivity contribution >= 4 is 11.6 Å². The molecule has 0 atom stereocenters. The quantitative estimate of drug-likeness (QED) is 0.887. The number of rotatable bonds is 5. The van der Waals surface area contributed by atoms with Crippen molar-refractivity contribution in [2.45, 2.75) is 6.92 Å². The molecule has 112 valence electrons. The van der Waals surface area contributed by atoms with E-state index in [1.807, 2.05) is 6.92 Å². The van der Waals surface area contributed by atoms with E-state index in [0.717, 1.165) is 5.69 Å². The molecule has 0 spiro atoms. The number of hydrogen-bond acceptors (Lipinski definition) is 4. The van der Waals surface area contributed by atoms with Crippen LogP contribution in [0.1, 0.15) is 16.1 Å². The summed E-state index contributed by atoms with van der Waals surface area (Å²) in [4.78, 5) is 15.2. The van der Waals surface area contributed by atoms with E-state index in [1.54, 1.807) is 24.4 Å².